The molecule has 92 valence electrons. The van der Waals surface area contributed by atoms with E-state index in [2.05, 4.69) is 15.9 Å². The first-order chi connectivity index (χ1) is 8.56. The first kappa shape index (κ1) is 13.1. The van der Waals surface area contributed by atoms with Gasteiger partial charge in [-0.2, -0.15) is 0 Å². The summed E-state index contributed by atoms with van der Waals surface area (Å²) < 4.78 is 6.70. The molecule has 2 rings (SSSR count). The Kier molecular flexibility index (Phi) is 3.99. The molecule has 0 saturated heterocycles. The van der Waals surface area contributed by atoms with Gasteiger partial charge >= 0.3 is 0 Å². The first-order valence-corrected chi connectivity index (χ1v) is 6.60. The highest BCUT2D eigenvalue weighted by Crippen LogP contribution is 2.30. The van der Waals surface area contributed by atoms with Crippen LogP contribution in [0, 0.1) is 6.92 Å². The van der Waals surface area contributed by atoms with E-state index >= 15 is 0 Å². The van der Waals surface area contributed by atoms with Crippen molar-refractivity contribution in [2.24, 2.45) is 5.73 Å². The van der Waals surface area contributed by atoms with Gasteiger partial charge in [0.25, 0.3) is 0 Å². The number of thiocarbonyl (C=S) groups is 1. The van der Waals surface area contributed by atoms with Gasteiger partial charge in [0.1, 0.15) is 16.5 Å². The lowest BCUT2D eigenvalue weighted by molar-refractivity contribution is 0.479. The third-order valence-electron chi connectivity index (χ3n) is 2.45. The zero-order chi connectivity index (χ0) is 13.1. The van der Waals surface area contributed by atoms with Crippen molar-refractivity contribution in [3.63, 3.8) is 0 Å². The molecule has 0 aliphatic rings. The van der Waals surface area contributed by atoms with E-state index in [-0.39, 0.29) is 0 Å². The van der Waals surface area contributed by atoms with Crippen LogP contribution in [0.15, 0.2) is 46.9 Å². The molecule has 4 heteroatoms. The molecule has 0 radical (unpaired) electrons. The number of hydrogen-bond acceptors (Lipinski definition) is 2. The quantitative estimate of drug-likeness (QED) is 0.861. The lowest BCUT2D eigenvalue weighted by Crippen LogP contribution is -2.08. The SMILES string of the molecule is Cc1ccc(Oc2ccc(C(N)=S)cc2)c(Br)c1. The minimum absolute atomic E-state index is 0.387. The van der Waals surface area contributed by atoms with E-state index in [1.807, 2.05) is 49.4 Å². The fraction of sp³-hybridized carbons (Fsp3) is 0.0714. The van der Waals surface area contributed by atoms with Gasteiger partial charge in [0.2, 0.25) is 0 Å². The minimum atomic E-state index is 0.387. The molecule has 0 aliphatic heterocycles. The fourth-order valence-corrected chi connectivity index (χ4v) is 2.21. The van der Waals surface area contributed by atoms with Gasteiger partial charge in [-0.1, -0.05) is 18.3 Å². The second kappa shape index (κ2) is 5.50. The second-order valence-corrected chi connectivity index (χ2v) is 5.22. The van der Waals surface area contributed by atoms with Crippen LogP contribution in [-0.4, -0.2) is 4.99 Å². The van der Waals surface area contributed by atoms with Crippen LogP contribution in [0.2, 0.25) is 0 Å². The Hall–Kier alpha value is -1.39. The molecule has 2 aromatic carbocycles. The second-order valence-electron chi connectivity index (χ2n) is 3.92. The normalized spacial score (nSPS) is 10.1. The average Bonchev–Trinajstić information content (AvgIpc) is 2.33. The Balaban J connectivity index is 2.21. The van der Waals surface area contributed by atoms with E-state index in [1.165, 1.54) is 5.56 Å². The Morgan fingerprint density at radius 2 is 1.83 bits per heavy atom. The molecule has 0 bridgehead atoms. The van der Waals surface area contributed by atoms with Gasteiger partial charge in [0.05, 0.1) is 4.47 Å². The summed E-state index contributed by atoms with van der Waals surface area (Å²) in [5, 5.41) is 0. The molecule has 0 spiro atoms. The van der Waals surface area contributed by atoms with Crippen LogP contribution in [-0.2, 0) is 0 Å². The van der Waals surface area contributed by atoms with Crippen LogP contribution in [0.1, 0.15) is 11.1 Å². The molecular weight excluding hydrogens is 310 g/mol. The van der Waals surface area contributed by atoms with Crippen molar-refractivity contribution < 1.29 is 4.74 Å². The van der Waals surface area contributed by atoms with Gasteiger partial charge in [0.15, 0.2) is 0 Å². The van der Waals surface area contributed by atoms with E-state index in [0.29, 0.717) is 4.99 Å². The van der Waals surface area contributed by atoms with Crippen molar-refractivity contribution in [2.75, 3.05) is 0 Å². The van der Waals surface area contributed by atoms with E-state index in [4.69, 9.17) is 22.7 Å². The summed E-state index contributed by atoms with van der Waals surface area (Å²) in [5.74, 6) is 1.53. The Morgan fingerprint density at radius 1 is 1.17 bits per heavy atom. The third-order valence-corrected chi connectivity index (χ3v) is 3.31. The van der Waals surface area contributed by atoms with Crippen LogP contribution in [0.4, 0.5) is 0 Å². The largest absolute Gasteiger partial charge is 0.456 e. The van der Waals surface area contributed by atoms with Gasteiger partial charge in [-0.25, -0.2) is 0 Å². The molecular formula is C14H12BrNOS. The van der Waals surface area contributed by atoms with Crippen molar-refractivity contribution in [1.29, 1.82) is 0 Å². The van der Waals surface area contributed by atoms with Crippen LogP contribution >= 0.6 is 28.1 Å². The van der Waals surface area contributed by atoms with Crippen molar-refractivity contribution in [2.45, 2.75) is 6.92 Å². The minimum Gasteiger partial charge on any atom is -0.456 e. The number of hydrogen-bond donors (Lipinski definition) is 1. The zero-order valence-corrected chi connectivity index (χ0v) is 12.2. The van der Waals surface area contributed by atoms with Gasteiger partial charge in [0, 0.05) is 5.56 Å². The van der Waals surface area contributed by atoms with Gasteiger partial charge in [-0.05, 0) is 64.8 Å². The van der Waals surface area contributed by atoms with Crippen LogP contribution in [0.25, 0.3) is 0 Å². The molecule has 2 N–H and O–H groups in total. The number of ether oxygens (including phenoxy) is 1. The van der Waals surface area contributed by atoms with Crippen molar-refractivity contribution >= 4 is 33.1 Å². The topological polar surface area (TPSA) is 35.2 Å². The molecule has 0 heterocycles. The maximum Gasteiger partial charge on any atom is 0.141 e. The van der Waals surface area contributed by atoms with Gasteiger partial charge in [-0.3, -0.25) is 0 Å². The maximum absolute atomic E-state index is 5.77. The predicted octanol–water partition coefficient (Wildman–Crippen LogP) is 4.18. The summed E-state index contributed by atoms with van der Waals surface area (Å²) in [5.41, 5.74) is 7.55. The highest BCUT2D eigenvalue weighted by molar-refractivity contribution is 9.10. The standard InChI is InChI=1S/C14H12BrNOS/c1-9-2-7-13(12(15)8-9)17-11-5-3-10(4-6-11)14(16)18/h2-8H,1H3,(H2,16,18). The Morgan fingerprint density at radius 3 is 2.39 bits per heavy atom. The predicted molar refractivity (Wildman–Crippen MR) is 81.3 cm³/mol. The van der Waals surface area contributed by atoms with E-state index < -0.39 is 0 Å². The van der Waals surface area contributed by atoms with E-state index in [0.717, 1.165) is 21.5 Å². The summed E-state index contributed by atoms with van der Waals surface area (Å²) in [7, 11) is 0. The number of benzene rings is 2. The highest BCUT2D eigenvalue weighted by atomic mass is 79.9. The molecule has 0 aromatic heterocycles. The van der Waals surface area contributed by atoms with Crippen molar-refractivity contribution in [3.05, 3.63) is 58.1 Å². The first-order valence-electron chi connectivity index (χ1n) is 5.40. The highest BCUT2D eigenvalue weighted by Gasteiger charge is 2.03. The number of halogens is 1. The Bertz CT molecular complexity index is 581. The van der Waals surface area contributed by atoms with Crippen LogP contribution < -0.4 is 10.5 Å². The summed E-state index contributed by atoms with van der Waals surface area (Å²) in [4.78, 5) is 0.387. The van der Waals surface area contributed by atoms with Gasteiger partial charge < -0.3 is 10.5 Å². The lowest BCUT2D eigenvalue weighted by Gasteiger charge is -2.08. The van der Waals surface area contributed by atoms with Crippen molar-refractivity contribution in [3.8, 4) is 11.5 Å². The summed E-state index contributed by atoms with van der Waals surface area (Å²) >= 11 is 8.38. The summed E-state index contributed by atoms with van der Waals surface area (Å²) in [6.45, 7) is 2.03. The van der Waals surface area contributed by atoms with Crippen LogP contribution in [0.5, 0.6) is 11.5 Å². The number of aryl methyl sites for hydroxylation is 1. The monoisotopic (exact) mass is 321 g/mol. The summed E-state index contributed by atoms with van der Waals surface area (Å²) in [6.07, 6.45) is 0. The molecule has 2 nitrogen and oxygen atoms in total. The number of rotatable bonds is 3. The lowest BCUT2D eigenvalue weighted by atomic mass is 10.2. The summed E-state index contributed by atoms with van der Waals surface area (Å²) in [6, 6.07) is 13.3. The fourth-order valence-electron chi connectivity index (χ4n) is 1.50. The average molecular weight is 322 g/mol. The molecule has 0 amide bonds. The maximum atomic E-state index is 5.77. The van der Waals surface area contributed by atoms with E-state index in [1.54, 1.807) is 0 Å². The molecule has 0 unspecified atom stereocenters. The van der Waals surface area contributed by atoms with Crippen LogP contribution in [0.3, 0.4) is 0 Å². The molecule has 0 saturated carbocycles. The molecule has 0 atom stereocenters. The number of nitrogens with two attached hydrogens (primary N) is 1. The third kappa shape index (κ3) is 3.09. The molecule has 0 fully saturated rings. The molecule has 18 heavy (non-hydrogen) atoms. The zero-order valence-electron chi connectivity index (χ0n) is 9.81. The van der Waals surface area contributed by atoms with E-state index in [9.17, 15) is 0 Å². The molecule has 0 aliphatic carbocycles. The van der Waals surface area contributed by atoms with Gasteiger partial charge in [-0.15, -0.1) is 0 Å². The smallest absolute Gasteiger partial charge is 0.141 e. The van der Waals surface area contributed by atoms with Crippen molar-refractivity contribution in [1.82, 2.24) is 0 Å². The molecule has 2 aromatic rings. The Labute approximate surface area is 120 Å².